The molecule has 100 valence electrons. The monoisotopic (exact) mass is 269 g/mol. The van der Waals surface area contributed by atoms with E-state index in [4.69, 9.17) is 26.8 Å². The van der Waals surface area contributed by atoms with E-state index in [1.54, 1.807) is 13.2 Å². The molecule has 0 aromatic heterocycles. The smallest absolute Gasteiger partial charge is 0.0740 e. The highest BCUT2D eigenvalue weighted by atomic mass is 35.5. The first kappa shape index (κ1) is 13.7. The van der Waals surface area contributed by atoms with Gasteiger partial charge in [-0.05, 0) is 37.8 Å². The minimum absolute atomic E-state index is 0.277. The normalized spacial score (nSPS) is 24.1. The molecule has 1 aliphatic rings. The van der Waals surface area contributed by atoms with Crippen LogP contribution in [-0.4, -0.2) is 19.3 Å². The molecule has 0 heterocycles. The molecule has 0 aliphatic heterocycles. The fourth-order valence-electron chi connectivity index (χ4n) is 2.37. The zero-order valence-electron chi connectivity index (χ0n) is 10.7. The summed E-state index contributed by atoms with van der Waals surface area (Å²) in [5.74, 6) is 0. The third-order valence-corrected chi connectivity index (χ3v) is 3.73. The number of rotatable bonds is 4. The highest BCUT2D eigenvalue weighted by Gasteiger charge is 2.22. The van der Waals surface area contributed by atoms with Gasteiger partial charge >= 0.3 is 0 Å². The summed E-state index contributed by atoms with van der Waals surface area (Å²) in [7, 11) is 1.77. The second kappa shape index (κ2) is 6.41. The van der Waals surface area contributed by atoms with Crippen LogP contribution in [0.3, 0.4) is 0 Å². The Morgan fingerprint density at radius 3 is 2.83 bits per heavy atom. The van der Waals surface area contributed by atoms with Crippen LogP contribution in [0.4, 0.5) is 5.69 Å². The molecule has 4 heteroatoms. The lowest BCUT2D eigenvalue weighted by Crippen LogP contribution is -2.27. The molecule has 0 saturated heterocycles. The van der Waals surface area contributed by atoms with Crippen LogP contribution in [0.5, 0.6) is 0 Å². The number of nitrogen functional groups attached to an aromatic ring is 1. The van der Waals surface area contributed by atoms with Gasteiger partial charge in [-0.15, -0.1) is 0 Å². The van der Waals surface area contributed by atoms with E-state index >= 15 is 0 Å². The summed E-state index contributed by atoms with van der Waals surface area (Å²) in [4.78, 5) is 0. The van der Waals surface area contributed by atoms with Crippen molar-refractivity contribution in [3.63, 3.8) is 0 Å². The molecule has 0 radical (unpaired) electrons. The molecule has 2 rings (SSSR count). The summed E-state index contributed by atoms with van der Waals surface area (Å²) < 4.78 is 11.3. The van der Waals surface area contributed by atoms with E-state index in [1.165, 1.54) is 6.42 Å². The van der Waals surface area contributed by atoms with Gasteiger partial charge in [-0.3, -0.25) is 0 Å². The Kier molecular flexibility index (Phi) is 4.87. The molecule has 0 bridgehead atoms. The number of ether oxygens (including phenoxy) is 2. The van der Waals surface area contributed by atoms with Crippen LogP contribution in [0, 0.1) is 0 Å². The van der Waals surface area contributed by atoms with E-state index in [0.717, 1.165) is 24.8 Å². The minimum atomic E-state index is 0.277. The molecule has 1 aromatic carbocycles. The van der Waals surface area contributed by atoms with E-state index in [2.05, 4.69) is 0 Å². The number of hydrogen-bond donors (Lipinski definition) is 1. The molecule has 0 amide bonds. The van der Waals surface area contributed by atoms with Crippen molar-refractivity contribution in [1.29, 1.82) is 0 Å². The molecular weight excluding hydrogens is 250 g/mol. The number of halogens is 1. The molecule has 2 atom stereocenters. The van der Waals surface area contributed by atoms with E-state index in [1.807, 2.05) is 12.1 Å². The molecule has 2 unspecified atom stereocenters. The Labute approximate surface area is 113 Å². The quantitative estimate of drug-likeness (QED) is 0.852. The van der Waals surface area contributed by atoms with Crippen LogP contribution in [0.2, 0.25) is 5.02 Å². The average molecular weight is 270 g/mol. The Bertz CT molecular complexity index is 397. The van der Waals surface area contributed by atoms with Crippen molar-refractivity contribution < 1.29 is 9.47 Å². The summed E-state index contributed by atoms with van der Waals surface area (Å²) in [6, 6.07) is 5.53. The highest BCUT2D eigenvalue weighted by Crippen LogP contribution is 2.25. The topological polar surface area (TPSA) is 44.5 Å². The number of methoxy groups -OCH3 is 1. The second-order valence-corrected chi connectivity index (χ2v) is 5.24. The first-order valence-corrected chi connectivity index (χ1v) is 6.75. The van der Waals surface area contributed by atoms with Crippen molar-refractivity contribution in [3.05, 3.63) is 28.8 Å². The lowest BCUT2D eigenvalue weighted by Gasteiger charge is -2.28. The molecule has 1 aliphatic carbocycles. The van der Waals surface area contributed by atoms with E-state index < -0.39 is 0 Å². The third kappa shape index (κ3) is 3.61. The third-order valence-electron chi connectivity index (χ3n) is 3.49. The van der Waals surface area contributed by atoms with E-state index in [0.29, 0.717) is 23.4 Å². The first-order valence-electron chi connectivity index (χ1n) is 6.37. The maximum atomic E-state index is 5.92. The highest BCUT2D eigenvalue weighted by molar-refractivity contribution is 6.30. The van der Waals surface area contributed by atoms with Crippen LogP contribution in [0.25, 0.3) is 0 Å². The van der Waals surface area contributed by atoms with Gasteiger partial charge in [-0.2, -0.15) is 0 Å². The van der Waals surface area contributed by atoms with Crippen LogP contribution < -0.4 is 5.73 Å². The van der Waals surface area contributed by atoms with Crippen molar-refractivity contribution in [3.8, 4) is 0 Å². The fourth-order valence-corrected chi connectivity index (χ4v) is 2.55. The summed E-state index contributed by atoms with van der Waals surface area (Å²) >= 11 is 5.87. The number of benzene rings is 1. The Balaban J connectivity index is 1.87. The number of nitrogens with two attached hydrogens (primary N) is 1. The van der Waals surface area contributed by atoms with Crippen molar-refractivity contribution in [1.82, 2.24) is 0 Å². The molecule has 1 aromatic rings. The van der Waals surface area contributed by atoms with Crippen molar-refractivity contribution in [2.75, 3.05) is 12.8 Å². The molecule has 2 N–H and O–H groups in total. The van der Waals surface area contributed by atoms with Gasteiger partial charge in [-0.1, -0.05) is 17.7 Å². The van der Waals surface area contributed by atoms with Gasteiger partial charge in [-0.25, -0.2) is 0 Å². The van der Waals surface area contributed by atoms with Crippen molar-refractivity contribution in [2.45, 2.75) is 44.5 Å². The Hall–Kier alpha value is -0.770. The standard InChI is InChI=1S/C14H20ClNO2/c1-17-12-3-2-4-13(8-12)18-9-10-5-6-11(15)7-14(10)16/h5-7,12-13H,2-4,8-9,16H2,1H3. The van der Waals surface area contributed by atoms with Gasteiger partial charge in [0.25, 0.3) is 0 Å². The zero-order chi connectivity index (χ0) is 13.0. The lowest BCUT2D eigenvalue weighted by atomic mass is 9.95. The Morgan fingerprint density at radius 2 is 2.11 bits per heavy atom. The predicted octanol–water partition coefficient (Wildman–Crippen LogP) is 3.40. The van der Waals surface area contributed by atoms with Gasteiger partial charge in [0.2, 0.25) is 0 Å². The maximum Gasteiger partial charge on any atom is 0.0740 e. The van der Waals surface area contributed by atoms with Gasteiger partial charge in [0, 0.05) is 23.4 Å². The van der Waals surface area contributed by atoms with Crippen LogP contribution in [0.1, 0.15) is 31.2 Å². The number of anilines is 1. The fraction of sp³-hybridized carbons (Fsp3) is 0.571. The Morgan fingerprint density at radius 1 is 1.33 bits per heavy atom. The van der Waals surface area contributed by atoms with Gasteiger partial charge in [0.1, 0.15) is 0 Å². The predicted molar refractivity (Wildman–Crippen MR) is 73.7 cm³/mol. The van der Waals surface area contributed by atoms with Gasteiger partial charge in [0.05, 0.1) is 18.8 Å². The van der Waals surface area contributed by atoms with Crippen molar-refractivity contribution in [2.24, 2.45) is 0 Å². The molecule has 1 fully saturated rings. The minimum Gasteiger partial charge on any atom is -0.398 e. The second-order valence-electron chi connectivity index (χ2n) is 4.80. The van der Waals surface area contributed by atoms with Crippen LogP contribution in [-0.2, 0) is 16.1 Å². The molecule has 3 nitrogen and oxygen atoms in total. The summed E-state index contributed by atoms with van der Waals surface area (Å²) in [6.45, 7) is 0.546. The molecular formula is C14H20ClNO2. The van der Waals surface area contributed by atoms with Gasteiger partial charge in [0.15, 0.2) is 0 Å². The van der Waals surface area contributed by atoms with Crippen molar-refractivity contribution >= 4 is 17.3 Å². The maximum absolute atomic E-state index is 5.92. The summed E-state index contributed by atoms with van der Waals surface area (Å²) in [6.07, 6.45) is 5.00. The summed E-state index contributed by atoms with van der Waals surface area (Å²) in [5.41, 5.74) is 7.60. The van der Waals surface area contributed by atoms with Crippen LogP contribution in [0.15, 0.2) is 18.2 Å². The SMILES string of the molecule is COC1CCCC(OCc2ccc(Cl)cc2N)C1. The molecule has 0 spiro atoms. The van der Waals surface area contributed by atoms with E-state index in [-0.39, 0.29) is 6.10 Å². The van der Waals surface area contributed by atoms with Gasteiger partial charge < -0.3 is 15.2 Å². The molecule has 18 heavy (non-hydrogen) atoms. The molecule has 1 saturated carbocycles. The first-order chi connectivity index (χ1) is 8.69. The summed E-state index contributed by atoms with van der Waals surface area (Å²) in [5, 5.41) is 0.661. The van der Waals surface area contributed by atoms with Crippen LogP contribution >= 0.6 is 11.6 Å². The zero-order valence-corrected chi connectivity index (χ0v) is 11.5. The lowest BCUT2D eigenvalue weighted by molar-refractivity contribution is -0.0361. The average Bonchev–Trinajstić information content (AvgIpc) is 2.38. The largest absolute Gasteiger partial charge is 0.398 e. The number of hydrogen-bond acceptors (Lipinski definition) is 3. The van der Waals surface area contributed by atoms with E-state index in [9.17, 15) is 0 Å².